The van der Waals surface area contributed by atoms with Crippen molar-refractivity contribution in [3.05, 3.63) is 29.8 Å². The van der Waals surface area contributed by atoms with E-state index in [-0.39, 0.29) is 25.1 Å². The van der Waals surface area contributed by atoms with Crippen molar-refractivity contribution in [2.45, 2.75) is 38.6 Å². The van der Waals surface area contributed by atoms with E-state index in [1.165, 1.54) is 7.11 Å². The molecular weight excluding hydrogens is 348 g/mol. The van der Waals surface area contributed by atoms with Crippen LogP contribution < -0.4 is 10.1 Å². The fraction of sp³-hybridized carbons (Fsp3) is 0.550. The highest BCUT2D eigenvalue weighted by Crippen LogP contribution is 2.26. The summed E-state index contributed by atoms with van der Waals surface area (Å²) >= 11 is 0. The van der Waals surface area contributed by atoms with Crippen molar-refractivity contribution in [3.63, 3.8) is 0 Å². The van der Waals surface area contributed by atoms with Crippen LogP contribution in [-0.4, -0.2) is 56.0 Å². The molecule has 7 heteroatoms. The third-order valence-electron chi connectivity index (χ3n) is 5.01. The van der Waals surface area contributed by atoms with Crippen LogP contribution in [0.15, 0.2) is 24.3 Å². The number of carbonyl (C=O) groups is 3. The van der Waals surface area contributed by atoms with Gasteiger partial charge in [0.2, 0.25) is 0 Å². The molecule has 0 atom stereocenters. The van der Waals surface area contributed by atoms with Gasteiger partial charge in [0.05, 0.1) is 7.11 Å². The van der Waals surface area contributed by atoms with Crippen molar-refractivity contribution >= 4 is 17.8 Å². The van der Waals surface area contributed by atoms with Crippen molar-refractivity contribution in [2.24, 2.45) is 5.92 Å². The van der Waals surface area contributed by atoms with Crippen molar-refractivity contribution in [3.8, 4) is 5.75 Å². The van der Waals surface area contributed by atoms with Gasteiger partial charge in [-0.1, -0.05) is 13.0 Å². The van der Waals surface area contributed by atoms with Crippen molar-refractivity contribution in [1.82, 2.24) is 10.2 Å². The molecule has 2 amide bonds. The lowest BCUT2D eigenvalue weighted by Crippen LogP contribution is -2.42. The highest BCUT2D eigenvalue weighted by molar-refractivity contribution is 5.96. The summed E-state index contributed by atoms with van der Waals surface area (Å²) in [4.78, 5) is 37.7. The zero-order valence-electron chi connectivity index (χ0n) is 16.2. The minimum absolute atomic E-state index is 0.208. The molecule has 0 aliphatic heterocycles. The van der Waals surface area contributed by atoms with E-state index in [1.54, 1.807) is 36.2 Å². The quantitative estimate of drug-likeness (QED) is 0.736. The Morgan fingerprint density at radius 2 is 1.89 bits per heavy atom. The van der Waals surface area contributed by atoms with Gasteiger partial charge in [-0.15, -0.1) is 0 Å². The molecule has 7 nitrogen and oxygen atoms in total. The second-order valence-corrected chi connectivity index (χ2v) is 6.99. The number of likely N-dealkylation sites (N-methyl/N-ethyl adjacent to an activating group) is 1. The van der Waals surface area contributed by atoms with Gasteiger partial charge in [-0.3, -0.25) is 14.4 Å². The summed E-state index contributed by atoms with van der Waals surface area (Å²) in [6.07, 6.45) is 4.18. The van der Waals surface area contributed by atoms with Crippen LogP contribution in [0.1, 0.15) is 43.0 Å². The largest absolute Gasteiger partial charge is 0.497 e. The summed E-state index contributed by atoms with van der Waals surface area (Å²) in [7, 11) is 3.26. The molecule has 0 spiro atoms. The van der Waals surface area contributed by atoms with Gasteiger partial charge in [0.25, 0.3) is 11.8 Å². The summed E-state index contributed by atoms with van der Waals surface area (Å²) < 4.78 is 10.1. The first-order valence-electron chi connectivity index (χ1n) is 9.24. The molecule has 27 heavy (non-hydrogen) atoms. The maximum Gasteiger partial charge on any atom is 0.325 e. The van der Waals surface area contributed by atoms with Gasteiger partial charge in [0.1, 0.15) is 12.3 Å². The first-order valence-corrected chi connectivity index (χ1v) is 9.24. The Morgan fingerprint density at radius 3 is 2.56 bits per heavy atom. The number of carbonyl (C=O) groups excluding carboxylic acids is 3. The van der Waals surface area contributed by atoms with E-state index >= 15 is 0 Å². The first-order chi connectivity index (χ1) is 12.9. The highest BCUT2D eigenvalue weighted by Gasteiger charge is 2.25. The third-order valence-corrected chi connectivity index (χ3v) is 5.01. The molecule has 0 radical (unpaired) electrons. The summed E-state index contributed by atoms with van der Waals surface area (Å²) in [5.41, 5.74) is 0.379. The first kappa shape index (κ1) is 20.7. The Balaban J connectivity index is 1.72. The second-order valence-electron chi connectivity index (χ2n) is 6.99. The molecular formula is C20H28N2O5. The molecule has 0 aromatic heterocycles. The molecule has 1 fully saturated rings. The summed E-state index contributed by atoms with van der Waals surface area (Å²) in [6, 6.07) is 6.81. The highest BCUT2D eigenvalue weighted by atomic mass is 16.5. The smallest absolute Gasteiger partial charge is 0.325 e. The van der Waals surface area contributed by atoms with Crippen LogP contribution in [0.5, 0.6) is 5.75 Å². The summed E-state index contributed by atoms with van der Waals surface area (Å²) in [5.74, 6) is -0.0235. The number of nitrogens with one attached hydrogen (secondary N) is 1. The molecule has 1 N–H and O–H groups in total. The molecule has 148 valence electrons. The molecule has 0 heterocycles. The van der Waals surface area contributed by atoms with E-state index in [0.717, 1.165) is 25.7 Å². The van der Waals surface area contributed by atoms with Crippen molar-refractivity contribution < 1.29 is 23.9 Å². The number of methoxy groups -OCH3 is 1. The SMILES string of the molecule is COc1cccc(C(=O)NCC(=O)OCC(=O)N(C)C2CCC(C)CC2)c1. The number of amides is 2. The Bertz CT molecular complexity index is 668. The van der Waals surface area contributed by atoms with E-state index in [2.05, 4.69) is 12.2 Å². The fourth-order valence-electron chi connectivity index (χ4n) is 3.15. The molecule has 1 saturated carbocycles. The van der Waals surface area contributed by atoms with Crippen LogP contribution in [0.4, 0.5) is 0 Å². The molecule has 0 bridgehead atoms. The van der Waals surface area contributed by atoms with Crippen LogP contribution in [0.3, 0.4) is 0 Å². The van der Waals surface area contributed by atoms with E-state index in [1.807, 2.05) is 0 Å². The topological polar surface area (TPSA) is 84.9 Å². The van der Waals surface area contributed by atoms with Gasteiger partial charge in [0.15, 0.2) is 6.61 Å². The summed E-state index contributed by atoms with van der Waals surface area (Å²) in [5, 5.41) is 2.48. The Hall–Kier alpha value is -2.57. The van der Waals surface area contributed by atoms with Gasteiger partial charge < -0.3 is 19.7 Å². The summed E-state index contributed by atoms with van der Waals surface area (Å²) in [6.45, 7) is 1.62. The number of esters is 1. The molecule has 1 aliphatic carbocycles. The van der Waals surface area contributed by atoms with Crippen molar-refractivity contribution in [1.29, 1.82) is 0 Å². The predicted molar refractivity (Wildman–Crippen MR) is 100 cm³/mol. The van der Waals surface area contributed by atoms with Crippen LogP contribution in [0.2, 0.25) is 0 Å². The lowest BCUT2D eigenvalue weighted by atomic mass is 9.87. The molecule has 2 rings (SSSR count). The van der Waals surface area contributed by atoms with Crippen LogP contribution in [0, 0.1) is 5.92 Å². The number of rotatable bonds is 7. The number of hydrogen-bond donors (Lipinski definition) is 1. The minimum atomic E-state index is -0.648. The Morgan fingerprint density at radius 1 is 1.19 bits per heavy atom. The van der Waals surface area contributed by atoms with Crippen LogP contribution >= 0.6 is 0 Å². The van der Waals surface area contributed by atoms with Gasteiger partial charge in [0, 0.05) is 18.7 Å². The predicted octanol–water partition coefficient (Wildman–Crippen LogP) is 2.01. The number of ether oxygens (including phenoxy) is 2. The molecule has 1 aliphatic rings. The number of hydrogen-bond acceptors (Lipinski definition) is 5. The normalized spacial score (nSPS) is 19.1. The monoisotopic (exact) mass is 376 g/mol. The lowest BCUT2D eigenvalue weighted by Gasteiger charge is -2.33. The molecule has 1 aromatic rings. The average molecular weight is 376 g/mol. The Labute approximate surface area is 160 Å². The lowest BCUT2D eigenvalue weighted by molar-refractivity contribution is -0.151. The van der Waals surface area contributed by atoms with E-state index < -0.39 is 11.9 Å². The van der Waals surface area contributed by atoms with Crippen molar-refractivity contribution in [2.75, 3.05) is 27.3 Å². The maximum absolute atomic E-state index is 12.2. The van der Waals surface area contributed by atoms with Gasteiger partial charge in [-0.2, -0.15) is 0 Å². The Kier molecular flexibility index (Phi) is 7.64. The third kappa shape index (κ3) is 6.27. The molecule has 0 saturated heterocycles. The number of nitrogens with zero attached hydrogens (tertiary/aromatic N) is 1. The molecule has 0 unspecified atom stereocenters. The van der Waals surface area contributed by atoms with E-state index in [0.29, 0.717) is 17.2 Å². The standard InChI is InChI=1S/C20H28N2O5/c1-14-7-9-16(10-8-14)22(2)18(23)13-27-19(24)12-21-20(25)15-5-4-6-17(11-15)26-3/h4-6,11,14,16H,7-10,12-13H2,1-3H3,(H,21,25). The maximum atomic E-state index is 12.2. The minimum Gasteiger partial charge on any atom is -0.497 e. The second kappa shape index (κ2) is 9.94. The zero-order chi connectivity index (χ0) is 19.8. The van der Waals surface area contributed by atoms with Gasteiger partial charge in [-0.05, 0) is 49.8 Å². The fourth-order valence-corrected chi connectivity index (χ4v) is 3.15. The molecule has 1 aromatic carbocycles. The van der Waals surface area contributed by atoms with E-state index in [9.17, 15) is 14.4 Å². The van der Waals surface area contributed by atoms with Gasteiger partial charge in [-0.25, -0.2) is 0 Å². The zero-order valence-corrected chi connectivity index (χ0v) is 16.2. The van der Waals surface area contributed by atoms with Crippen LogP contribution in [0.25, 0.3) is 0 Å². The van der Waals surface area contributed by atoms with E-state index in [4.69, 9.17) is 9.47 Å². The van der Waals surface area contributed by atoms with Crippen LogP contribution in [-0.2, 0) is 14.3 Å². The average Bonchev–Trinajstić information content (AvgIpc) is 2.70. The van der Waals surface area contributed by atoms with Gasteiger partial charge >= 0.3 is 5.97 Å². The number of benzene rings is 1.